The number of benzene rings is 2. The molecule has 0 saturated carbocycles. The number of amides is 1. The van der Waals surface area contributed by atoms with Crippen molar-refractivity contribution in [3.63, 3.8) is 0 Å². The number of nitrogens with one attached hydrogen (secondary N) is 1. The van der Waals surface area contributed by atoms with Crippen LogP contribution in [0.4, 0.5) is 5.69 Å². The van der Waals surface area contributed by atoms with E-state index >= 15 is 0 Å². The number of nitrogens with zero attached hydrogens (tertiary/aromatic N) is 2. The van der Waals surface area contributed by atoms with Crippen LogP contribution in [0.5, 0.6) is 0 Å². The lowest BCUT2D eigenvalue weighted by atomic mass is 9.97. The van der Waals surface area contributed by atoms with Crippen LogP contribution in [0.3, 0.4) is 0 Å². The highest BCUT2D eigenvalue weighted by Crippen LogP contribution is 2.30. The summed E-state index contributed by atoms with van der Waals surface area (Å²) in [5.41, 5.74) is 1.54. The quantitative estimate of drug-likeness (QED) is 0.512. The Morgan fingerprint density at radius 1 is 1.12 bits per heavy atom. The number of anilines is 1. The molecule has 4 rings (SSSR count). The molecule has 2 aliphatic heterocycles. The zero-order valence-corrected chi connectivity index (χ0v) is 19.7. The van der Waals surface area contributed by atoms with Crippen molar-refractivity contribution < 1.29 is 27.5 Å². The standard InChI is InChI=1S/C24H25N3O6S/c1-15(28)17-9-11-19(12-10-17)25-23(29)16(2)33-24(30)18-6-5-13-27(14-18)22-20-7-3-4-8-21(20)34(31,32)26-22/h3-4,7-12,16,18H,5-6,13-14H2,1-2H3,(H,25,29)/t16-,18-/m0/s1. The van der Waals surface area contributed by atoms with Crippen LogP contribution in [-0.2, 0) is 24.3 Å². The normalized spacial score (nSPS) is 19.5. The predicted molar refractivity (Wildman–Crippen MR) is 125 cm³/mol. The third kappa shape index (κ3) is 4.86. The molecule has 1 N–H and O–H groups in total. The number of fused-ring (bicyclic) bond motifs is 1. The third-order valence-electron chi connectivity index (χ3n) is 5.89. The van der Waals surface area contributed by atoms with E-state index in [4.69, 9.17) is 4.74 Å². The lowest BCUT2D eigenvalue weighted by molar-refractivity contribution is -0.158. The van der Waals surface area contributed by atoms with Crippen LogP contribution in [0.25, 0.3) is 0 Å². The smallest absolute Gasteiger partial charge is 0.311 e. The van der Waals surface area contributed by atoms with E-state index in [1.165, 1.54) is 19.9 Å². The molecule has 1 amide bonds. The summed E-state index contributed by atoms with van der Waals surface area (Å²) in [6, 6.07) is 13.0. The van der Waals surface area contributed by atoms with Crippen LogP contribution in [0, 0.1) is 5.92 Å². The minimum atomic E-state index is -3.75. The maximum Gasteiger partial charge on any atom is 0.311 e. The first-order chi connectivity index (χ1) is 16.2. The average Bonchev–Trinajstić information content (AvgIpc) is 3.10. The molecule has 10 heteroatoms. The molecule has 1 saturated heterocycles. The number of carbonyl (C=O) groups excluding carboxylic acids is 3. The second-order valence-corrected chi connectivity index (χ2v) is 9.95. The van der Waals surface area contributed by atoms with Gasteiger partial charge in [0.2, 0.25) is 0 Å². The first kappa shape index (κ1) is 23.6. The Kier molecular flexibility index (Phi) is 6.52. The summed E-state index contributed by atoms with van der Waals surface area (Å²) in [4.78, 5) is 38.6. The fraction of sp³-hybridized carbons (Fsp3) is 0.333. The number of carbonyl (C=O) groups is 3. The van der Waals surface area contributed by atoms with Crippen molar-refractivity contribution in [2.24, 2.45) is 10.3 Å². The highest BCUT2D eigenvalue weighted by atomic mass is 32.2. The molecule has 1 fully saturated rings. The van der Waals surface area contributed by atoms with Crippen molar-refractivity contribution in [1.82, 2.24) is 4.90 Å². The molecule has 0 aliphatic carbocycles. The largest absolute Gasteiger partial charge is 0.452 e. The molecule has 2 aromatic carbocycles. The van der Waals surface area contributed by atoms with Crippen LogP contribution in [0.1, 0.15) is 42.6 Å². The van der Waals surface area contributed by atoms with Crippen LogP contribution < -0.4 is 5.32 Å². The molecule has 2 atom stereocenters. The van der Waals surface area contributed by atoms with E-state index in [2.05, 4.69) is 9.71 Å². The molecule has 0 aromatic heterocycles. The van der Waals surface area contributed by atoms with Gasteiger partial charge in [-0.2, -0.15) is 8.42 Å². The SMILES string of the molecule is CC(=O)c1ccc(NC(=O)[C@H](C)OC(=O)[C@H]2CCCN(C3=NS(=O)(=O)c4ccccc43)C2)cc1. The number of rotatable bonds is 5. The van der Waals surface area contributed by atoms with E-state index < -0.39 is 33.9 Å². The fourth-order valence-electron chi connectivity index (χ4n) is 4.03. The Labute approximate surface area is 197 Å². The highest BCUT2D eigenvalue weighted by molar-refractivity contribution is 7.90. The van der Waals surface area contributed by atoms with Crippen molar-refractivity contribution in [3.8, 4) is 0 Å². The first-order valence-corrected chi connectivity index (χ1v) is 12.4. The highest BCUT2D eigenvalue weighted by Gasteiger charge is 2.36. The van der Waals surface area contributed by atoms with E-state index in [1.54, 1.807) is 47.4 Å². The Bertz CT molecular complexity index is 1270. The van der Waals surface area contributed by atoms with Gasteiger partial charge in [0.05, 0.1) is 5.92 Å². The summed E-state index contributed by atoms with van der Waals surface area (Å²) in [7, 11) is -3.75. The maximum absolute atomic E-state index is 12.8. The Balaban J connectivity index is 1.38. The summed E-state index contributed by atoms with van der Waals surface area (Å²) in [6.45, 7) is 3.77. The van der Waals surface area contributed by atoms with E-state index in [0.717, 1.165) is 0 Å². The molecule has 0 unspecified atom stereocenters. The number of ketones is 1. The third-order valence-corrected chi connectivity index (χ3v) is 7.21. The number of hydrogen-bond donors (Lipinski definition) is 1. The summed E-state index contributed by atoms with van der Waals surface area (Å²) in [5.74, 6) is -1.26. The lowest BCUT2D eigenvalue weighted by Crippen LogP contribution is -2.44. The van der Waals surface area contributed by atoms with Gasteiger partial charge in [0.25, 0.3) is 15.9 Å². The Hall–Kier alpha value is -3.53. The minimum Gasteiger partial charge on any atom is -0.452 e. The van der Waals surface area contributed by atoms with Crippen molar-refractivity contribution in [1.29, 1.82) is 0 Å². The molecular formula is C24H25N3O6S. The second kappa shape index (κ2) is 9.38. The van der Waals surface area contributed by atoms with Gasteiger partial charge >= 0.3 is 5.97 Å². The van der Waals surface area contributed by atoms with Gasteiger partial charge in [-0.3, -0.25) is 14.4 Å². The van der Waals surface area contributed by atoms with Crippen molar-refractivity contribution in [2.75, 3.05) is 18.4 Å². The molecule has 0 spiro atoms. The monoisotopic (exact) mass is 483 g/mol. The van der Waals surface area contributed by atoms with Crippen molar-refractivity contribution in [3.05, 3.63) is 59.7 Å². The summed E-state index contributed by atoms with van der Waals surface area (Å²) >= 11 is 0. The van der Waals surface area contributed by atoms with Crippen molar-refractivity contribution in [2.45, 2.75) is 37.7 Å². The number of Topliss-reactive ketones (excluding diaryl/α,β-unsaturated/α-hetero) is 1. The molecule has 2 heterocycles. The minimum absolute atomic E-state index is 0.0774. The Morgan fingerprint density at radius 3 is 2.53 bits per heavy atom. The number of hydrogen-bond acceptors (Lipinski definition) is 7. The lowest BCUT2D eigenvalue weighted by Gasteiger charge is -2.33. The van der Waals surface area contributed by atoms with Crippen LogP contribution in [0.2, 0.25) is 0 Å². The first-order valence-electron chi connectivity index (χ1n) is 11.0. The van der Waals surface area contributed by atoms with Gasteiger partial charge in [-0.15, -0.1) is 4.40 Å². The van der Waals surface area contributed by atoms with Gasteiger partial charge in [0, 0.05) is 29.9 Å². The number of amidine groups is 1. The zero-order valence-electron chi connectivity index (χ0n) is 18.9. The molecule has 2 aromatic rings. The average molecular weight is 484 g/mol. The van der Waals surface area contributed by atoms with Gasteiger partial charge in [-0.05, 0) is 63.1 Å². The Morgan fingerprint density at radius 2 is 1.82 bits per heavy atom. The van der Waals surface area contributed by atoms with Gasteiger partial charge in [0.15, 0.2) is 17.7 Å². The molecule has 34 heavy (non-hydrogen) atoms. The number of esters is 1. The van der Waals surface area contributed by atoms with Gasteiger partial charge in [-0.25, -0.2) is 0 Å². The van der Waals surface area contributed by atoms with E-state index in [9.17, 15) is 22.8 Å². The maximum atomic E-state index is 12.8. The van der Waals surface area contributed by atoms with Crippen LogP contribution in [-0.4, -0.2) is 56.0 Å². The summed E-state index contributed by atoms with van der Waals surface area (Å²) in [5, 5.41) is 2.67. The number of ether oxygens (including phenoxy) is 1. The van der Waals surface area contributed by atoms with Crippen LogP contribution in [0.15, 0.2) is 57.8 Å². The molecule has 2 aliphatic rings. The second-order valence-electron chi connectivity index (χ2n) is 8.37. The van der Waals surface area contributed by atoms with E-state index in [-0.39, 0.29) is 17.2 Å². The van der Waals surface area contributed by atoms with Crippen LogP contribution >= 0.6 is 0 Å². The molecule has 9 nitrogen and oxygen atoms in total. The molecule has 0 radical (unpaired) electrons. The van der Waals surface area contributed by atoms with Crippen molar-refractivity contribution >= 4 is 39.2 Å². The van der Waals surface area contributed by atoms with Gasteiger partial charge < -0.3 is 15.0 Å². The van der Waals surface area contributed by atoms with Gasteiger partial charge in [0.1, 0.15) is 4.90 Å². The zero-order chi connectivity index (χ0) is 24.5. The van der Waals surface area contributed by atoms with E-state index in [0.29, 0.717) is 42.0 Å². The number of piperidine rings is 1. The number of sulfonamides is 1. The topological polar surface area (TPSA) is 122 Å². The summed E-state index contributed by atoms with van der Waals surface area (Å²) in [6.07, 6.45) is 0.197. The van der Waals surface area contributed by atoms with E-state index in [1.807, 2.05) is 0 Å². The number of likely N-dealkylation sites (tertiary alicyclic amines) is 1. The fourth-order valence-corrected chi connectivity index (χ4v) is 5.26. The predicted octanol–water partition coefficient (Wildman–Crippen LogP) is 2.62. The molecule has 0 bridgehead atoms. The van der Waals surface area contributed by atoms with Gasteiger partial charge in [-0.1, -0.05) is 12.1 Å². The summed E-state index contributed by atoms with van der Waals surface area (Å²) < 4.78 is 34.1. The molecule has 178 valence electrons. The molecular weight excluding hydrogens is 458 g/mol.